The maximum absolute atomic E-state index is 12.0. The molecule has 0 radical (unpaired) electrons. The Hall–Kier alpha value is -6.03. The van der Waals surface area contributed by atoms with Crippen LogP contribution in [0.2, 0.25) is 0 Å². The van der Waals surface area contributed by atoms with Crippen molar-refractivity contribution in [3.05, 3.63) is 179 Å². The van der Waals surface area contributed by atoms with E-state index in [1.807, 2.05) is 0 Å². The van der Waals surface area contributed by atoms with Crippen LogP contribution in [0.25, 0.3) is 0 Å². The molecule has 0 spiro atoms. The van der Waals surface area contributed by atoms with Gasteiger partial charge in [-0.3, -0.25) is 0 Å². The third-order valence-corrected chi connectivity index (χ3v) is 5.35. The second-order valence-electron chi connectivity index (χ2n) is 9.46. The number of benzene rings is 6. The van der Waals surface area contributed by atoms with E-state index in [4.69, 9.17) is 0 Å². The Kier molecular flexibility index (Phi) is 21.6. The van der Waals surface area contributed by atoms with Crippen molar-refractivity contribution in [3.63, 3.8) is 0 Å². The van der Waals surface area contributed by atoms with Crippen molar-refractivity contribution in [2.75, 3.05) is 0 Å². The molecule has 6 aromatic rings. The molecule has 6 rings (SSSR count). The Morgan fingerprint density at radius 3 is 0.382 bits per heavy atom. The van der Waals surface area contributed by atoms with Crippen LogP contribution in [-0.4, -0.2) is 0 Å². The van der Waals surface area contributed by atoms with E-state index in [0.29, 0.717) is 36.4 Å². The Labute approximate surface area is 317 Å². The van der Waals surface area contributed by atoms with E-state index in [-0.39, 0.29) is 21.1 Å². The summed E-state index contributed by atoms with van der Waals surface area (Å²) in [7, 11) is 0. The number of hydrogen-bond acceptors (Lipinski definition) is 6. The summed E-state index contributed by atoms with van der Waals surface area (Å²) in [6.07, 6.45) is 0. The molecular weight excluding hydrogens is 940 g/mol. The van der Waals surface area contributed by atoms with Gasteiger partial charge < -0.3 is 30.6 Å². The number of rotatable bonds is 0. The van der Waals surface area contributed by atoms with Crippen molar-refractivity contribution < 1.29 is 104 Å². The molecule has 294 valence electrons. The van der Waals surface area contributed by atoms with Crippen LogP contribution in [0.15, 0.2) is 109 Å². The average molecular weight is 958 g/mol. The van der Waals surface area contributed by atoms with E-state index in [9.17, 15) is 83.3 Å². The molecule has 0 saturated heterocycles. The molecule has 0 aliphatic heterocycles. The molecular formula is C36H18F12O6W-6. The Balaban J connectivity index is 0.000000634. The maximum Gasteiger partial charge on any atom is 0.158 e. The van der Waals surface area contributed by atoms with E-state index >= 15 is 0 Å². The van der Waals surface area contributed by atoms with Crippen molar-refractivity contribution >= 4 is 0 Å². The molecule has 55 heavy (non-hydrogen) atoms. The summed E-state index contributed by atoms with van der Waals surface area (Å²) in [6.45, 7) is 0. The number of halogens is 12. The maximum atomic E-state index is 12.0. The summed E-state index contributed by atoms with van der Waals surface area (Å²) in [6, 6.07) is 14.3. The molecule has 6 nitrogen and oxygen atoms in total. The molecule has 0 aromatic heterocycles. The Bertz CT molecular complexity index is 1720. The van der Waals surface area contributed by atoms with Crippen LogP contribution in [-0.2, 0) is 21.1 Å². The smallest absolute Gasteiger partial charge is 0.158 e. The van der Waals surface area contributed by atoms with Gasteiger partial charge in [-0.1, -0.05) is 36.4 Å². The van der Waals surface area contributed by atoms with Crippen molar-refractivity contribution in [3.8, 4) is 34.5 Å². The van der Waals surface area contributed by atoms with Crippen LogP contribution < -0.4 is 30.6 Å². The van der Waals surface area contributed by atoms with Crippen molar-refractivity contribution in [2.45, 2.75) is 0 Å². The predicted octanol–water partition coefficient (Wildman–Crippen LogP) is 6.23. The molecule has 0 aliphatic carbocycles. The first-order chi connectivity index (χ1) is 25.2. The van der Waals surface area contributed by atoms with E-state index in [1.165, 1.54) is 0 Å². The van der Waals surface area contributed by atoms with Gasteiger partial charge in [0.05, 0.1) is 0 Å². The molecule has 0 aliphatic rings. The molecule has 0 N–H and O–H groups in total. The third kappa shape index (κ3) is 19.6. The monoisotopic (exact) mass is 958 g/mol. The fourth-order valence-electron chi connectivity index (χ4n) is 2.86. The SMILES string of the molecule is [O-]c1ccc(F)c(F)c1.[O-]c1ccc(F)c(F)c1.[O-]c1ccc(F)c(F)c1.[O-]c1ccc(F)c(F)c1.[O-]c1ccc(F)c(F)c1.[O-]c1ccc(F)c(F)c1.[W]. The minimum Gasteiger partial charge on any atom is -0.872 e. The van der Waals surface area contributed by atoms with E-state index < -0.39 is 104 Å². The zero-order chi connectivity index (χ0) is 41.1. The molecule has 0 fully saturated rings. The second kappa shape index (κ2) is 24.3. The first kappa shape index (κ1) is 49.0. The van der Waals surface area contributed by atoms with Gasteiger partial charge in [0.25, 0.3) is 0 Å². The normalized spacial score (nSPS) is 9.38. The zero-order valence-corrected chi connectivity index (χ0v) is 29.7. The largest absolute Gasteiger partial charge is 0.872 e. The first-order valence-electron chi connectivity index (χ1n) is 13.9. The summed E-state index contributed by atoms with van der Waals surface area (Å²) in [5.74, 6) is -15.6. The summed E-state index contributed by atoms with van der Waals surface area (Å²) >= 11 is 0. The molecule has 0 saturated carbocycles. The van der Waals surface area contributed by atoms with Gasteiger partial charge in [-0.2, -0.15) is 0 Å². The zero-order valence-electron chi connectivity index (χ0n) is 26.8. The van der Waals surface area contributed by atoms with Gasteiger partial charge in [0.1, 0.15) is 0 Å². The topological polar surface area (TPSA) is 138 Å². The van der Waals surface area contributed by atoms with Gasteiger partial charge in [-0.25, -0.2) is 52.7 Å². The molecule has 0 unspecified atom stereocenters. The predicted molar refractivity (Wildman–Crippen MR) is 155 cm³/mol. The van der Waals surface area contributed by atoms with Gasteiger partial charge in [0, 0.05) is 21.1 Å². The van der Waals surface area contributed by atoms with Crippen molar-refractivity contribution in [2.24, 2.45) is 0 Å². The molecule has 0 bridgehead atoms. The Morgan fingerprint density at radius 1 is 0.200 bits per heavy atom. The molecule has 0 amide bonds. The van der Waals surface area contributed by atoms with Crippen LogP contribution in [0.3, 0.4) is 0 Å². The molecule has 0 heterocycles. The minimum absolute atomic E-state index is 0. The fourth-order valence-corrected chi connectivity index (χ4v) is 2.86. The van der Waals surface area contributed by atoms with E-state index in [1.54, 1.807) is 0 Å². The van der Waals surface area contributed by atoms with Crippen LogP contribution in [0.1, 0.15) is 0 Å². The summed E-state index contributed by atoms with van der Waals surface area (Å²) in [4.78, 5) is 0. The van der Waals surface area contributed by atoms with Gasteiger partial charge in [0.15, 0.2) is 69.8 Å². The third-order valence-electron chi connectivity index (χ3n) is 5.35. The quantitative estimate of drug-likeness (QED) is 0.166. The fraction of sp³-hybridized carbons (Fsp3) is 0. The summed E-state index contributed by atoms with van der Waals surface area (Å²) in [5.41, 5.74) is 0. The van der Waals surface area contributed by atoms with Gasteiger partial charge >= 0.3 is 0 Å². The average Bonchev–Trinajstić information content (AvgIpc) is 3.10. The van der Waals surface area contributed by atoms with Crippen LogP contribution in [0, 0.1) is 69.8 Å². The Morgan fingerprint density at radius 2 is 0.309 bits per heavy atom. The summed E-state index contributed by atoms with van der Waals surface area (Å²) in [5, 5.41) is 61.4. The van der Waals surface area contributed by atoms with Crippen molar-refractivity contribution in [1.82, 2.24) is 0 Å². The number of hydrogen-bond donors (Lipinski definition) is 0. The second-order valence-corrected chi connectivity index (χ2v) is 9.46. The van der Waals surface area contributed by atoms with E-state index in [0.717, 1.165) is 72.8 Å². The molecule has 19 heteroatoms. The summed E-state index contributed by atoms with van der Waals surface area (Å²) < 4.78 is 144. The van der Waals surface area contributed by atoms with Gasteiger partial charge in [0.2, 0.25) is 0 Å². The van der Waals surface area contributed by atoms with E-state index in [2.05, 4.69) is 0 Å². The minimum atomic E-state index is -1.09. The standard InChI is InChI=1S/6C6H4F2O.W/c6*7-5-2-1-4(9)3-6(5)8;/h6*1-3,9H;/p-6. The van der Waals surface area contributed by atoms with Gasteiger partial charge in [-0.05, 0) is 72.8 Å². The van der Waals surface area contributed by atoms with Gasteiger partial charge in [-0.15, -0.1) is 34.5 Å². The van der Waals surface area contributed by atoms with Crippen LogP contribution in [0.4, 0.5) is 52.7 Å². The van der Waals surface area contributed by atoms with Crippen LogP contribution in [0.5, 0.6) is 34.5 Å². The molecule has 0 atom stereocenters. The van der Waals surface area contributed by atoms with Crippen LogP contribution >= 0.6 is 0 Å². The molecule has 6 aromatic carbocycles. The van der Waals surface area contributed by atoms with Crippen molar-refractivity contribution in [1.29, 1.82) is 0 Å². The first-order valence-corrected chi connectivity index (χ1v) is 13.9.